The van der Waals surface area contributed by atoms with Crippen molar-refractivity contribution in [1.29, 1.82) is 0 Å². The summed E-state index contributed by atoms with van der Waals surface area (Å²) < 4.78 is 0. The summed E-state index contributed by atoms with van der Waals surface area (Å²) in [5.74, 6) is -0.201. The van der Waals surface area contributed by atoms with Gasteiger partial charge >= 0.3 is 6.03 Å². The fraction of sp³-hybridized carbons (Fsp3) is 0.727. The predicted molar refractivity (Wildman–Crippen MR) is 61.8 cm³/mol. The van der Waals surface area contributed by atoms with Crippen LogP contribution in [0, 0.1) is 6.92 Å². The molecule has 5 nitrogen and oxygen atoms in total. The third kappa shape index (κ3) is 5.11. The van der Waals surface area contributed by atoms with E-state index < -0.39 is 0 Å². The Morgan fingerprint density at radius 3 is 2.81 bits per heavy atom. The largest absolute Gasteiger partial charge is 0.333 e. The third-order valence-electron chi connectivity index (χ3n) is 2.51. The van der Waals surface area contributed by atoms with Crippen LogP contribution < -0.4 is 16.0 Å². The van der Waals surface area contributed by atoms with E-state index in [2.05, 4.69) is 22.9 Å². The van der Waals surface area contributed by atoms with Crippen LogP contribution in [0.4, 0.5) is 4.79 Å². The van der Waals surface area contributed by atoms with Crippen LogP contribution in [0.1, 0.15) is 32.1 Å². The number of nitrogens with one attached hydrogen (secondary N) is 3. The van der Waals surface area contributed by atoms with Gasteiger partial charge in [0, 0.05) is 13.0 Å². The van der Waals surface area contributed by atoms with E-state index in [0.29, 0.717) is 13.0 Å². The Morgan fingerprint density at radius 1 is 1.31 bits per heavy atom. The number of imide groups is 1. The molecule has 3 amide bonds. The lowest BCUT2D eigenvalue weighted by Crippen LogP contribution is -2.55. The summed E-state index contributed by atoms with van der Waals surface area (Å²) in [6.45, 7) is 5.36. The normalized spacial score (nSPS) is 20.4. The first-order valence-corrected chi connectivity index (χ1v) is 5.82. The standard InChI is InChI=1S/C11H20N3O2/c1-2-3-4-5-6-12-8-9-7-10(15)14-11(16)13-9/h9,12H,1-8H2,(H2,13,14,15,16). The maximum Gasteiger partial charge on any atom is 0.321 e. The molecule has 3 N–H and O–H groups in total. The molecule has 0 bridgehead atoms. The van der Waals surface area contributed by atoms with Gasteiger partial charge in [-0.15, -0.1) is 0 Å². The second-order valence-corrected chi connectivity index (χ2v) is 4.04. The van der Waals surface area contributed by atoms with E-state index >= 15 is 0 Å². The van der Waals surface area contributed by atoms with Crippen molar-refractivity contribution in [3.63, 3.8) is 0 Å². The summed E-state index contributed by atoms with van der Waals surface area (Å²) in [6.07, 6.45) is 4.79. The van der Waals surface area contributed by atoms with Crippen LogP contribution in [-0.4, -0.2) is 31.1 Å². The number of rotatable bonds is 7. The SMILES string of the molecule is [CH2]CCCCCNCC1CC(=O)NC(=O)N1. The summed E-state index contributed by atoms with van der Waals surface area (Å²) in [5.41, 5.74) is 0. The summed E-state index contributed by atoms with van der Waals surface area (Å²) in [4.78, 5) is 22.0. The molecule has 5 heteroatoms. The van der Waals surface area contributed by atoms with E-state index in [0.717, 1.165) is 25.8 Å². The van der Waals surface area contributed by atoms with Gasteiger partial charge in [0.25, 0.3) is 0 Å². The Kier molecular flexibility index (Phi) is 5.85. The molecule has 0 saturated carbocycles. The fourth-order valence-electron chi connectivity index (χ4n) is 1.68. The zero-order valence-electron chi connectivity index (χ0n) is 9.55. The first-order chi connectivity index (χ1) is 7.72. The Labute approximate surface area is 96.4 Å². The molecule has 1 unspecified atom stereocenters. The van der Waals surface area contributed by atoms with Crippen molar-refractivity contribution in [3.05, 3.63) is 6.92 Å². The van der Waals surface area contributed by atoms with Crippen LogP contribution in [0.3, 0.4) is 0 Å². The van der Waals surface area contributed by atoms with Crippen LogP contribution >= 0.6 is 0 Å². The van der Waals surface area contributed by atoms with Gasteiger partial charge in [0.15, 0.2) is 0 Å². The molecule has 0 spiro atoms. The Hall–Kier alpha value is -1.10. The molecule has 1 fully saturated rings. The molecule has 1 rings (SSSR count). The predicted octanol–water partition coefficient (Wildman–Crippen LogP) is 0.569. The van der Waals surface area contributed by atoms with Gasteiger partial charge in [-0.3, -0.25) is 10.1 Å². The molecule has 0 aromatic rings. The topological polar surface area (TPSA) is 70.2 Å². The van der Waals surface area contributed by atoms with Gasteiger partial charge in [-0.2, -0.15) is 0 Å². The van der Waals surface area contributed by atoms with Crippen molar-refractivity contribution in [3.8, 4) is 0 Å². The number of urea groups is 1. The smallest absolute Gasteiger partial charge is 0.321 e. The molecule has 1 heterocycles. The van der Waals surface area contributed by atoms with Crippen molar-refractivity contribution in [2.45, 2.75) is 38.1 Å². The molecule has 16 heavy (non-hydrogen) atoms. The van der Waals surface area contributed by atoms with Crippen LogP contribution in [0.15, 0.2) is 0 Å². The van der Waals surface area contributed by atoms with Crippen molar-refractivity contribution < 1.29 is 9.59 Å². The van der Waals surface area contributed by atoms with Crippen molar-refractivity contribution in [2.24, 2.45) is 0 Å². The van der Waals surface area contributed by atoms with E-state index in [4.69, 9.17) is 0 Å². The van der Waals surface area contributed by atoms with Gasteiger partial charge in [0.2, 0.25) is 5.91 Å². The van der Waals surface area contributed by atoms with Crippen LogP contribution in [0.25, 0.3) is 0 Å². The highest BCUT2D eigenvalue weighted by Gasteiger charge is 2.22. The van der Waals surface area contributed by atoms with E-state index in [-0.39, 0.29) is 18.0 Å². The molecule has 1 aliphatic heterocycles. The van der Waals surface area contributed by atoms with Gasteiger partial charge in [0.05, 0.1) is 6.04 Å². The second-order valence-electron chi connectivity index (χ2n) is 4.04. The van der Waals surface area contributed by atoms with Crippen molar-refractivity contribution >= 4 is 11.9 Å². The molecule has 1 saturated heterocycles. The minimum Gasteiger partial charge on any atom is -0.333 e. The Bertz CT molecular complexity index is 227. The summed E-state index contributed by atoms with van der Waals surface area (Å²) in [5, 5.41) is 8.15. The molecule has 91 valence electrons. The van der Waals surface area contributed by atoms with E-state index in [1.807, 2.05) is 0 Å². The Balaban J connectivity index is 2.04. The molecule has 1 aliphatic rings. The molecular formula is C11H20N3O2. The number of carbonyl (C=O) groups excluding carboxylic acids is 2. The van der Waals surface area contributed by atoms with Gasteiger partial charge in [-0.1, -0.05) is 26.2 Å². The number of hydrogen-bond acceptors (Lipinski definition) is 3. The zero-order valence-corrected chi connectivity index (χ0v) is 9.55. The molecule has 0 aliphatic carbocycles. The van der Waals surface area contributed by atoms with Gasteiger partial charge < -0.3 is 10.6 Å². The average molecular weight is 226 g/mol. The third-order valence-corrected chi connectivity index (χ3v) is 2.51. The monoisotopic (exact) mass is 226 g/mol. The molecule has 1 atom stereocenters. The van der Waals surface area contributed by atoms with E-state index in [1.165, 1.54) is 6.42 Å². The highest BCUT2D eigenvalue weighted by atomic mass is 16.2. The lowest BCUT2D eigenvalue weighted by Gasteiger charge is -2.23. The lowest BCUT2D eigenvalue weighted by molar-refractivity contribution is -0.121. The molecule has 0 aromatic heterocycles. The fourth-order valence-corrected chi connectivity index (χ4v) is 1.68. The summed E-state index contributed by atoms with van der Waals surface area (Å²) >= 11 is 0. The number of amides is 3. The average Bonchev–Trinajstić information content (AvgIpc) is 2.22. The van der Waals surface area contributed by atoms with Gasteiger partial charge in [-0.05, 0) is 13.0 Å². The first-order valence-electron chi connectivity index (χ1n) is 5.82. The number of unbranched alkanes of at least 4 members (excludes halogenated alkanes) is 3. The van der Waals surface area contributed by atoms with Crippen molar-refractivity contribution in [1.82, 2.24) is 16.0 Å². The zero-order chi connectivity index (χ0) is 11.8. The maximum atomic E-state index is 11.1. The van der Waals surface area contributed by atoms with Crippen molar-refractivity contribution in [2.75, 3.05) is 13.1 Å². The number of carbonyl (C=O) groups is 2. The minimum absolute atomic E-state index is 0.0749. The lowest BCUT2D eigenvalue weighted by atomic mass is 10.1. The maximum absolute atomic E-state index is 11.1. The first kappa shape index (κ1) is 13.0. The molecule has 0 aromatic carbocycles. The minimum atomic E-state index is -0.389. The second kappa shape index (κ2) is 7.22. The quantitative estimate of drug-likeness (QED) is 0.556. The van der Waals surface area contributed by atoms with E-state index in [9.17, 15) is 9.59 Å². The highest BCUT2D eigenvalue weighted by molar-refractivity contribution is 5.97. The van der Waals surface area contributed by atoms with Gasteiger partial charge in [0.1, 0.15) is 0 Å². The molecule has 1 radical (unpaired) electrons. The number of hydrogen-bond donors (Lipinski definition) is 3. The highest BCUT2D eigenvalue weighted by Crippen LogP contribution is 1.99. The molecular weight excluding hydrogens is 206 g/mol. The van der Waals surface area contributed by atoms with Gasteiger partial charge in [-0.25, -0.2) is 4.79 Å². The van der Waals surface area contributed by atoms with Crippen LogP contribution in [0.2, 0.25) is 0 Å². The van der Waals surface area contributed by atoms with Crippen LogP contribution in [0.5, 0.6) is 0 Å². The van der Waals surface area contributed by atoms with E-state index in [1.54, 1.807) is 0 Å². The Morgan fingerprint density at radius 2 is 2.12 bits per heavy atom. The summed E-state index contributed by atoms with van der Waals surface area (Å²) in [6, 6.07) is -0.464. The van der Waals surface area contributed by atoms with Crippen LogP contribution in [-0.2, 0) is 4.79 Å². The summed E-state index contributed by atoms with van der Waals surface area (Å²) in [7, 11) is 0.